The van der Waals surface area contributed by atoms with Crippen molar-refractivity contribution < 1.29 is 23.0 Å². The van der Waals surface area contributed by atoms with Gasteiger partial charge in [0, 0.05) is 18.8 Å². The van der Waals surface area contributed by atoms with Crippen molar-refractivity contribution in [1.82, 2.24) is 0 Å². The molecule has 0 aromatic heterocycles. The van der Waals surface area contributed by atoms with Crippen LogP contribution in [0.25, 0.3) is 0 Å². The number of halogens is 4. The molecule has 1 aromatic carbocycles. The highest BCUT2D eigenvalue weighted by atomic mass is 79.9. The molecule has 20 heavy (non-hydrogen) atoms. The third-order valence-corrected chi connectivity index (χ3v) is 3.19. The molecule has 0 heterocycles. The Hall–Kier alpha value is -0.950. The lowest BCUT2D eigenvalue weighted by atomic mass is 10.2. The highest BCUT2D eigenvalue weighted by molar-refractivity contribution is 9.10. The summed E-state index contributed by atoms with van der Waals surface area (Å²) in [6.07, 6.45) is -0.970. The fraction of sp³-hybridized carbons (Fsp3) is 0.538. The van der Waals surface area contributed by atoms with E-state index >= 15 is 0 Å². The molecule has 0 aliphatic rings. The quantitative estimate of drug-likeness (QED) is 0.682. The molecule has 0 radical (unpaired) electrons. The minimum atomic E-state index is -4.69. The summed E-state index contributed by atoms with van der Waals surface area (Å²) < 4.78 is 40.4. The molecule has 1 aromatic rings. The van der Waals surface area contributed by atoms with Crippen LogP contribution in [-0.4, -0.2) is 24.6 Å². The van der Waals surface area contributed by atoms with Crippen molar-refractivity contribution in [2.24, 2.45) is 0 Å². The molecule has 0 fully saturated rings. The van der Waals surface area contributed by atoms with Crippen LogP contribution < -0.4 is 10.1 Å². The molecule has 0 bridgehead atoms. The van der Waals surface area contributed by atoms with E-state index in [1.807, 2.05) is 0 Å². The zero-order valence-corrected chi connectivity index (χ0v) is 12.4. The number of rotatable bonds is 8. The number of ether oxygens (including phenoxy) is 1. The fourth-order valence-corrected chi connectivity index (χ4v) is 2.10. The summed E-state index contributed by atoms with van der Waals surface area (Å²) in [6.45, 7) is 0.943. The second kappa shape index (κ2) is 8.36. The summed E-state index contributed by atoms with van der Waals surface area (Å²) in [5.74, 6) is -0.258. The SMILES string of the molecule is OCCCCCCNc1ccc(OC(F)(F)F)c(Br)c1. The normalized spacial score (nSPS) is 11.4. The van der Waals surface area contributed by atoms with Crippen molar-refractivity contribution in [3.8, 4) is 5.75 Å². The average Bonchev–Trinajstić information content (AvgIpc) is 2.35. The molecule has 3 nitrogen and oxygen atoms in total. The highest BCUT2D eigenvalue weighted by Gasteiger charge is 2.31. The van der Waals surface area contributed by atoms with Gasteiger partial charge in [0.1, 0.15) is 5.75 Å². The van der Waals surface area contributed by atoms with Crippen LogP contribution in [0.4, 0.5) is 18.9 Å². The number of aliphatic hydroxyl groups excluding tert-OH is 1. The fourth-order valence-electron chi connectivity index (χ4n) is 1.64. The van der Waals surface area contributed by atoms with Crippen LogP contribution in [0.3, 0.4) is 0 Å². The molecule has 0 aliphatic carbocycles. The van der Waals surface area contributed by atoms with E-state index in [0.717, 1.165) is 37.9 Å². The Morgan fingerprint density at radius 2 is 1.85 bits per heavy atom. The molecule has 1 rings (SSSR count). The van der Waals surface area contributed by atoms with Crippen molar-refractivity contribution in [2.75, 3.05) is 18.5 Å². The summed E-state index contributed by atoms with van der Waals surface area (Å²) in [5.41, 5.74) is 0.730. The number of hydrogen-bond donors (Lipinski definition) is 2. The van der Waals surface area contributed by atoms with Gasteiger partial charge >= 0.3 is 6.36 Å². The van der Waals surface area contributed by atoms with Crippen molar-refractivity contribution in [2.45, 2.75) is 32.0 Å². The minimum absolute atomic E-state index is 0.209. The van der Waals surface area contributed by atoms with Crippen LogP contribution in [0, 0.1) is 0 Å². The van der Waals surface area contributed by atoms with Crippen molar-refractivity contribution >= 4 is 21.6 Å². The van der Waals surface area contributed by atoms with Gasteiger partial charge in [-0.15, -0.1) is 13.2 Å². The number of alkyl halides is 3. The molecule has 0 saturated carbocycles. The maximum atomic E-state index is 12.1. The van der Waals surface area contributed by atoms with E-state index in [1.165, 1.54) is 6.07 Å². The van der Waals surface area contributed by atoms with Crippen LogP contribution in [-0.2, 0) is 0 Å². The second-order valence-electron chi connectivity index (χ2n) is 4.26. The Bertz CT molecular complexity index is 413. The van der Waals surface area contributed by atoms with E-state index in [1.54, 1.807) is 12.1 Å². The van der Waals surface area contributed by atoms with Gasteiger partial charge in [0.05, 0.1) is 4.47 Å². The van der Waals surface area contributed by atoms with Gasteiger partial charge in [-0.3, -0.25) is 0 Å². The standard InChI is InChI=1S/C13H17BrF3NO2/c14-11-9-10(18-7-3-1-2-4-8-19)5-6-12(11)20-13(15,16)17/h5-6,9,18-19H,1-4,7-8H2. The zero-order valence-electron chi connectivity index (χ0n) is 10.8. The molecule has 7 heteroatoms. The van der Waals surface area contributed by atoms with Crippen molar-refractivity contribution in [3.05, 3.63) is 22.7 Å². The third kappa shape index (κ3) is 7.00. The topological polar surface area (TPSA) is 41.5 Å². The Morgan fingerprint density at radius 3 is 2.45 bits per heavy atom. The van der Waals surface area contributed by atoms with E-state index in [-0.39, 0.29) is 16.8 Å². The van der Waals surface area contributed by atoms with Gasteiger partial charge in [0.2, 0.25) is 0 Å². The predicted octanol–water partition coefficient (Wildman–Crippen LogP) is 4.31. The molecular weight excluding hydrogens is 339 g/mol. The maximum absolute atomic E-state index is 12.1. The van der Waals surface area contributed by atoms with Gasteiger partial charge in [-0.05, 0) is 47.0 Å². The Balaban J connectivity index is 2.39. The monoisotopic (exact) mass is 355 g/mol. The molecule has 0 unspecified atom stereocenters. The van der Waals surface area contributed by atoms with E-state index < -0.39 is 6.36 Å². The van der Waals surface area contributed by atoms with Gasteiger partial charge in [-0.25, -0.2) is 0 Å². The highest BCUT2D eigenvalue weighted by Crippen LogP contribution is 2.32. The van der Waals surface area contributed by atoms with Crippen LogP contribution in [0.2, 0.25) is 0 Å². The van der Waals surface area contributed by atoms with Gasteiger partial charge in [0.15, 0.2) is 0 Å². The number of anilines is 1. The van der Waals surface area contributed by atoms with Gasteiger partial charge in [0.25, 0.3) is 0 Å². The molecule has 114 valence electrons. The largest absolute Gasteiger partial charge is 0.573 e. The lowest BCUT2D eigenvalue weighted by Crippen LogP contribution is -2.17. The average molecular weight is 356 g/mol. The minimum Gasteiger partial charge on any atom is -0.405 e. The molecule has 0 aliphatic heterocycles. The first kappa shape index (κ1) is 17.1. The summed E-state index contributed by atoms with van der Waals surface area (Å²) >= 11 is 3.05. The van der Waals surface area contributed by atoms with Crippen LogP contribution in [0.1, 0.15) is 25.7 Å². The lowest BCUT2D eigenvalue weighted by Gasteiger charge is -2.12. The number of hydrogen-bond acceptors (Lipinski definition) is 3. The first-order valence-corrected chi connectivity index (χ1v) is 7.11. The number of aliphatic hydroxyl groups is 1. The summed E-state index contributed by atoms with van der Waals surface area (Å²) in [7, 11) is 0. The second-order valence-corrected chi connectivity index (χ2v) is 5.11. The number of benzene rings is 1. The summed E-state index contributed by atoms with van der Waals surface area (Å²) in [4.78, 5) is 0. The van der Waals surface area contributed by atoms with E-state index in [0.29, 0.717) is 0 Å². The molecular formula is C13H17BrF3NO2. The van der Waals surface area contributed by atoms with E-state index in [2.05, 4.69) is 26.0 Å². The number of unbranched alkanes of at least 4 members (excludes halogenated alkanes) is 3. The van der Waals surface area contributed by atoms with E-state index in [9.17, 15) is 13.2 Å². The third-order valence-electron chi connectivity index (χ3n) is 2.57. The molecule has 2 N–H and O–H groups in total. The first-order chi connectivity index (χ1) is 9.42. The molecule has 0 saturated heterocycles. The van der Waals surface area contributed by atoms with Crippen molar-refractivity contribution in [3.63, 3.8) is 0 Å². The molecule has 0 amide bonds. The summed E-state index contributed by atoms with van der Waals surface area (Å²) in [5, 5.41) is 11.7. The molecule has 0 spiro atoms. The van der Waals surface area contributed by atoms with Crippen LogP contribution in [0.5, 0.6) is 5.75 Å². The first-order valence-electron chi connectivity index (χ1n) is 6.32. The number of nitrogens with one attached hydrogen (secondary N) is 1. The van der Waals surface area contributed by atoms with E-state index in [4.69, 9.17) is 5.11 Å². The maximum Gasteiger partial charge on any atom is 0.573 e. The molecule has 0 atom stereocenters. The van der Waals surface area contributed by atoms with Gasteiger partial charge in [-0.1, -0.05) is 12.8 Å². The van der Waals surface area contributed by atoms with Crippen LogP contribution >= 0.6 is 15.9 Å². The predicted molar refractivity (Wildman–Crippen MR) is 74.9 cm³/mol. The smallest absolute Gasteiger partial charge is 0.405 e. The zero-order chi connectivity index (χ0) is 15.0. The summed E-state index contributed by atoms with van der Waals surface area (Å²) in [6, 6.07) is 4.36. The Labute approximate surface area is 124 Å². The Morgan fingerprint density at radius 1 is 1.15 bits per heavy atom. The van der Waals surface area contributed by atoms with Crippen LogP contribution in [0.15, 0.2) is 22.7 Å². The van der Waals surface area contributed by atoms with Gasteiger partial charge in [-0.2, -0.15) is 0 Å². The van der Waals surface area contributed by atoms with Gasteiger partial charge < -0.3 is 15.2 Å². The van der Waals surface area contributed by atoms with Crippen molar-refractivity contribution in [1.29, 1.82) is 0 Å². The Kier molecular flexibility index (Phi) is 7.15. The lowest BCUT2D eigenvalue weighted by molar-refractivity contribution is -0.274.